The molecular weight excluding hydrogens is 1120 g/mol. The molecule has 0 N–H and O–H groups in total. The molecule has 1 aromatic heterocycles. The molecule has 6 aromatic carbocycles. The van der Waals surface area contributed by atoms with Crippen molar-refractivity contribution in [3.8, 4) is 0 Å². The minimum atomic E-state index is -6.13. The third kappa shape index (κ3) is 13.4. The number of halogens is 25. The van der Waals surface area contributed by atoms with Crippen LogP contribution in [0.1, 0.15) is 54.9 Å². The summed E-state index contributed by atoms with van der Waals surface area (Å²) in [6, 6.07) is 8.22. The van der Waals surface area contributed by atoms with Crippen LogP contribution in [0, 0.1) is 0 Å². The van der Waals surface area contributed by atoms with Crippen LogP contribution < -0.4 is 26.4 Å². The van der Waals surface area contributed by atoms with Gasteiger partial charge in [-0.15, -0.1) is 0 Å². The van der Waals surface area contributed by atoms with E-state index in [0.717, 1.165) is 21.4 Å². The molecule has 0 atom stereocenters. The van der Waals surface area contributed by atoms with Crippen molar-refractivity contribution in [1.29, 1.82) is 0 Å². The summed E-state index contributed by atoms with van der Waals surface area (Å²) in [5, 5.41) is 2.75. The zero-order valence-electron chi connectivity index (χ0n) is 37.4. The quantitative estimate of drug-likeness (QED) is 0.0674. The third-order valence-electron chi connectivity index (χ3n) is 11.7. The Bertz CT molecular complexity index is 2870. The third-order valence-corrected chi connectivity index (χ3v) is 12.0. The van der Waals surface area contributed by atoms with E-state index in [1.54, 1.807) is 0 Å². The maximum atomic E-state index is 14.2. The van der Waals surface area contributed by atoms with Crippen LogP contribution in [-0.4, -0.2) is 11.9 Å². The molecule has 0 bridgehead atoms. The van der Waals surface area contributed by atoms with Gasteiger partial charge in [-0.3, -0.25) is 4.79 Å². The van der Waals surface area contributed by atoms with Gasteiger partial charge in [0.15, 0.2) is 12.4 Å². The Kier molecular flexibility index (Phi) is 15.8. The number of ketones is 1. The Morgan fingerprint density at radius 3 is 0.935 bits per heavy atom. The number of fused-ring (bicyclic) bond motifs is 1. The second kappa shape index (κ2) is 20.5. The molecular formula is C49H25BClF24NO. The van der Waals surface area contributed by atoms with E-state index in [4.69, 9.17) is 11.6 Å². The molecule has 410 valence electrons. The fraction of sp³-hybridized carbons (Fsp3) is 0.184. The molecule has 7 aromatic rings. The standard InChI is InChI=1S/C32H12BF24.C17H13ClNO/c34-25(35,36)13-1-14(26(37,38)39)6-21(5-13)33(22-7-15(27(40,41)42)2-16(8-22)28(43,44)45,23-9-17(29(46,47)48)3-18(10-23)30(49,50)51)24-11-19(31(52,53)54)4-20(12-24)32(55,56)57;18-16-8-4-7-14-11-19(10-9-15(14)16)12-17(20)13-5-2-1-3-6-13/h1-12H;1-11H,12H2/q-1;+1. The highest BCUT2D eigenvalue weighted by atomic mass is 35.5. The SMILES string of the molecule is FC(F)(F)c1cc([B-](c2cc(C(F)(F)F)cc(C(F)(F)F)c2)(c2cc(C(F)(F)F)cc(C(F)(F)F)c2)c2cc(C(F)(F)F)cc(C(F)(F)F)c2)cc(C(F)(F)F)c1.O=C(C[n+]1ccc2c(Cl)cccc2c1)c1ccccc1. The van der Waals surface area contributed by atoms with Crippen molar-refractivity contribution >= 4 is 56.2 Å². The molecule has 0 fully saturated rings. The topological polar surface area (TPSA) is 20.9 Å². The number of rotatable bonds is 7. The first kappa shape index (κ1) is 59.3. The predicted octanol–water partition coefficient (Wildman–Crippen LogP) is 14.9. The number of alkyl halides is 24. The highest BCUT2D eigenvalue weighted by Gasteiger charge is 2.47. The molecule has 2 nitrogen and oxygen atoms in total. The largest absolute Gasteiger partial charge is 0.416 e. The van der Waals surface area contributed by atoms with Gasteiger partial charge in [-0.05, 0) is 36.4 Å². The van der Waals surface area contributed by atoms with E-state index in [1.807, 2.05) is 71.6 Å². The zero-order chi connectivity index (χ0) is 57.9. The Morgan fingerprint density at radius 2 is 0.662 bits per heavy atom. The van der Waals surface area contributed by atoms with Gasteiger partial charge in [0.05, 0.1) is 44.5 Å². The number of benzene rings is 6. The fourth-order valence-electron chi connectivity index (χ4n) is 8.28. The van der Waals surface area contributed by atoms with Gasteiger partial charge in [0.2, 0.25) is 12.3 Å². The van der Waals surface area contributed by atoms with Crippen LogP contribution in [0.5, 0.6) is 0 Å². The lowest BCUT2D eigenvalue weighted by Gasteiger charge is -2.46. The van der Waals surface area contributed by atoms with E-state index in [2.05, 4.69) is 0 Å². The molecule has 28 heteroatoms. The second-order valence-electron chi connectivity index (χ2n) is 16.9. The molecule has 0 saturated heterocycles. The summed E-state index contributed by atoms with van der Waals surface area (Å²) in [7, 11) is 0. The second-order valence-corrected chi connectivity index (χ2v) is 17.3. The Hall–Kier alpha value is -6.93. The van der Waals surface area contributed by atoms with E-state index in [1.165, 1.54) is 0 Å². The summed E-state index contributed by atoms with van der Waals surface area (Å²) in [4.78, 5) is 12.2. The molecule has 0 saturated carbocycles. The summed E-state index contributed by atoms with van der Waals surface area (Å²) in [6.45, 7) is 0.326. The number of carbonyl (C=O) groups is 1. The van der Waals surface area contributed by atoms with Gasteiger partial charge < -0.3 is 0 Å². The molecule has 0 spiro atoms. The van der Waals surface area contributed by atoms with Crippen molar-refractivity contribution in [2.45, 2.75) is 56.0 Å². The lowest BCUT2D eigenvalue weighted by Crippen LogP contribution is -2.75. The monoisotopic (exact) mass is 1150 g/mol. The van der Waals surface area contributed by atoms with Gasteiger partial charge >= 0.3 is 49.4 Å². The zero-order valence-corrected chi connectivity index (χ0v) is 38.1. The molecule has 0 amide bonds. The maximum absolute atomic E-state index is 14.2. The minimum Gasteiger partial charge on any atom is -0.287 e. The van der Waals surface area contributed by atoms with E-state index >= 15 is 0 Å². The van der Waals surface area contributed by atoms with Gasteiger partial charge in [0, 0.05) is 27.4 Å². The smallest absolute Gasteiger partial charge is 0.287 e. The molecule has 0 aliphatic carbocycles. The molecule has 0 aliphatic heterocycles. The fourth-order valence-corrected chi connectivity index (χ4v) is 8.53. The summed E-state index contributed by atoms with van der Waals surface area (Å²) in [5.74, 6) is 0.0944. The van der Waals surface area contributed by atoms with Crippen molar-refractivity contribution in [2.75, 3.05) is 0 Å². The van der Waals surface area contributed by atoms with Crippen LogP contribution in [0.4, 0.5) is 105 Å². The van der Waals surface area contributed by atoms with Crippen molar-refractivity contribution in [3.63, 3.8) is 0 Å². The van der Waals surface area contributed by atoms with E-state index < -0.39 is 195 Å². The van der Waals surface area contributed by atoms with E-state index in [0.29, 0.717) is 6.54 Å². The molecule has 0 radical (unpaired) electrons. The lowest BCUT2D eigenvalue weighted by molar-refractivity contribution is -0.681. The number of carbonyl (C=O) groups excluding carboxylic acids is 1. The van der Waals surface area contributed by atoms with Crippen LogP contribution in [0.3, 0.4) is 0 Å². The van der Waals surface area contributed by atoms with E-state index in [9.17, 15) is 110 Å². The number of aromatic nitrogens is 1. The lowest BCUT2D eigenvalue weighted by atomic mass is 9.12. The van der Waals surface area contributed by atoms with Crippen molar-refractivity contribution in [1.82, 2.24) is 0 Å². The van der Waals surface area contributed by atoms with Crippen LogP contribution >= 0.6 is 11.6 Å². The predicted molar refractivity (Wildman–Crippen MR) is 230 cm³/mol. The van der Waals surface area contributed by atoms with Crippen molar-refractivity contribution in [2.24, 2.45) is 0 Å². The normalized spacial score (nSPS) is 13.4. The summed E-state index contributed by atoms with van der Waals surface area (Å²) in [5.41, 5.74) is -29.5. The Morgan fingerprint density at radius 1 is 0.377 bits per heavy atom. The number of nitrogens with zero attached hydrogens (tertiary/aromatic N) is 1. The summed E-state index contributed by atoms with van der Waals surface area (Å²) < 4.78 is 343. The average molecular weight is 1150 g/mol. The number of hydrogen-bond acceptors (Lipinski definition) is 1. The number of hydrogen-bond donors (Lipinski definition) is 0. The Balaban J connectivity index is 0.000000397. The van der Waals surface area contributed by atoms with Crippen LogP contribution in [0.15, 0.2) is 140 Å². The first-order chi connectivity index (χ1) is 35.0. The van der Waals surface area contributed by atoms with Crippen molar-refractivity contribution in [3.05, 3.63) is 195 Å². The Labute approximate surface area is 421 Å². The first-order valence-corrected chi connectivity index (χ1v) is 21.4. The van der Waals surface area contributed by atoms with Crippen LogP contribution in [0.25, 0.3) is 10.8 Å². The highest BCUT2D eigenvalue weighted by Crippen LogP contribution is 2.41. The average Bonchev–Trinajstić information content (AvgIpc) is 3.30. The molecule has 0 unspecified atom stereocenters. The van der Waals surface area contributed by atoms with Crippen molar-refractivity contribution < 1.29 is 115 Å². The minimum absolute atomic E-state index is 0.0944. The maximum Gasteiger partial charge on any atom is 0.416 e. The van der Waals surface area contributed by atoms with Gasteiger partial charge in [0.1, 0.15) is 6.15 Å². The summed E-state index contributed by atoms with van der Waals surface area (Å²) >= 11 is 6.13. The molecule has 1 heterocycles. The molecule has 77 heavy (non-hydrogen) atoms. The summed E-state index contributed by atoms with van der Waals surface area (Å²) in [6.07, 6.45) is -51.0. The van der Waals surface area contributed by atoms with Gasteiger partial charge in [0.25, 0.3) is 0 Å². The molecule has 7 rings (SSSR count). The number of pyridine rings is 1. The van der Waals surface area contributed by atoms with Gasteiger partial charge in [-0.2, -0.15) is 132 Å². The first-order valence-electron chi connectivity index (χ1n) is 21.0. The molecule has 0 aliphatic rings. The van der Waals surface area contributed by atoms with Gasteiger partial charge in [-0.1, -0.05) is 96.5 Å². The van der Waals surface area contributed by atoms with E-state index in [-0.39, 0.29) is 5.78 Å². The van der Waals surface area contributed by atoms with Crippen LogP contribution in [0.2, 0.25) is 5.02 Å². The number of Topliss-reactive ketones (excluding diaryl/α,β-unsaturated/α-hetero) is 1. The highest BCUT2D eigenvalue weighted by molar-refractivity contribution is 7.20. The van der Waals surface area contributed by atoms with Crippen LogP contribution in [-0.2, 0) is 56.0 Å². The van der Waals surface area contributed by atoms with Gasteiger partial charge in [-0.25, -0.2) is 0 Å².